The zero-order chi connectivity index (χ0) is 28.0. The van der Waals surface area contributed by atoms with Gasteiger partial charge in [-0.25, -0.2) is 4.79 Å². The molecule has 2 aromatic rings. The van der Waals surface area contributed by atoms with Gasteiger partial charge in [0.15, 0.2) is 17.6 Å². The summed E-state index contributed by atoms with van der Waals surface area (Å²) in [6, 6.07) is 7.24. The fourth-order valence-electron chi connectivity index (χ4n) is 5.42. The SMILES string of the molecule is COc1ccc2c(c1OC)OC1c3c(CCC(C)C)cc(OC4OC(C(=O)O)C(O)C(O)C4O)cc3OCC21. The van der Waals surface area contributed by atoms with Gasteiger partial charge in [0.05, 0.1) is 26.7 Å². The molecule has 11 nitrogen and oxygen atoms in total. The van der Waals surface area contributed by atoms with Crippen LogP contribution in [0.1, 0.15) is 49.0 Å². The van der Waals surface area contributed by atoms with Crippen LogP contribution in [0.5, 0.6) is 28.7 Å². The molecule has 0 aromatic heterocycles. The lowest BCUT2D eigenvalue weighted by molar-refractivity contribution is -0.271. The number of rotatable bonds is 8. The molecule has 4 N–H and O–H groups in total. The Morgan fingerprint density at radius 3 is 2.51 bits per heavy atom. The first-order valence-electron chi connectivity index (χ1n) is 12.9. The minimum absolute atomic E-state index is 0.0756. The summed E-state index contributed by atoms with van der Waals surface area (Å²) in [6.07, 6.45) is -7.33. The van der Waals surface area contributed by atoms with E-state index in [0.717, 1.165) is 23.1 Å². The Hall–Kier alpha value is -3.25. The third-order valence-corrected chi connectivity index (χ3v) is 7.50. The van der Waals surface area contributed by atoms with Crippen LogP contribution in [-0.4, -0.2) is 77.9 Å². The number of benzene rings is 2. The van der Waals surface area contributed by atoms with E-state index < -0.39 is 36.7 Å². The maximum Gasteiger partial charge on any atom is 0.335 e. The first-order valence-corrected chi connectivity index (χ1v) is 12.9. The van der Waals surface area contributed by atoms with E-state index in [-0.39, 0.29) is 17.8 Å². The van der Waals surface area contributed by atoms with Gasteiger partial charge in [-0.2, -0.15) is 0 Å². The predicted molar refractivity (Wildman–Crippen MR) is 136 cm³/mol. The second kappa shape index (κ2) is 10.7. The van der Waals surface area contributed by atoms with Crippen molar-refractivity contribution >= 4 is 5.97 Å². The van der Waals surface area contributed by atoms with Crippen molar-refractivity contribution in [2.24, 2.45) is 5.92 Å². The van der Waals surface area contributed by atoms with Crippen molar-refractivity contribution < 1.29 is 53.6 Å². The lowest BCUT2D eigenvalue weighted by Gasteiger charge is -2.38. The third kappa shape index (κ3) is 4.84. The molecule has 0 bridgehead atoms. The summed E-state index contributed by atoms with van der Waals surface area (Å²) >= 11 is 0. The smallest absolute Gasteiger partial charge is 0.335 e. The van der Waals surface area contributed by atoms with E-state index >= 15 is 0 Å². The molecule has 5 rings (SSSR count). The van der Waals surface area contributed by atoms with Crippen LogP contribution in [-0.2, 0) is 16.0 Å². The number of aliphatic carboxylic acids is 1. The number of carbonyl (C=O) groups is 1. The Labute approximate surface area is 225 Å². The van der Waals surface area contributed by atoms with Crippen molar-refractivity contribution in [3.05, 3.63) is 41.0 Å². The number of ether oxygens (including phenoxy) is 6. The Bertz CT molecular complexity index is 1230. The molecule has 1 saturated heterocycles. The number of fused-ring (bicyclic) bond motifs is 5. The van der Waals surface area contributed by atoms with Crippen LogP contribution in [0.2, 0.25) is 0 Å². The number of carboxylic acid groups (broad SMARTS) is 1. The topological polar surface area (TPSA) is 153 Å². The standard InChI is InChI=1S/C28H34O11/c1-12(2)5-6-13-9-14(37-28-22(31)20(29)21(30)26(39-28)27(32)33)10-18-19(13)23-16(11-36-18)15-7-8-17(34-3)25(35-4)24(15)38-23/h7-10,12,16,20-23,26,28-31H,5-6,11H2,1-4H3,(H,32,33). The lowest BCUT2D eigenvalue weighted by Crippen LogP contribution is -2.61. The summed E-state index contributed by atoms with van der Waals surface area (Å²) in [4.78, 5) is 11.5. The third-order valence-electron chi connectivity index (χ3n) is 7.50. The summed E-state index contributed by atoms with van der Waals surface area (Å²) < 4.78 is 34.9. The van der Waals surface area contributed by atoms with Crippen molar-refractivity contribution in [1.29, 1.82) is 0 Å². The minimum Gasteiger partial charge on any atom is -0.493 e. The van der Waals surface area contributed by atoms with Crippen LogP contribution in [0.4, 0.5) is 0 Å². The molecule has 7 unspecified atom stereocenters. The molecule has 0 amide bonds. The number of hydrogen-bond donors (Lipinski definition) is 4. The highest BCUT2D eigenvalue weighted by atomic mass is 16.7. The number of aliphatic hydroxyl groups excluding tert-OH is 3. The van der Waals surface area contributed by atoms with Crippen molar-refractivity contribution in [1.82, 2.24) is 0 Å². The molecule has 2 aromatic carbocycles. The average Bonchev–Trinajstić information content (AvgIpc) is 3.29. The quantitative estimate of drug-likeness (QED) is 0.385. The normalized spacial score (nSPS) is 29.0. The Balaban J connectivity index is 1.50. The maximum absolute atomic E-state index is 11.5. The van der Waals surface area contributed by atoms with Gasteiger partial charge in [-0.15, -0.1) is 0 Å². The summed E-state index contributed by atoms with van der Waals surface area (Å²) in [5.74, 6) is 1.35. The maximum atomic E-state index is 11.5. The fraction of sp³-hybridized carbons (Fsp3) is 0.536. The van der Waals surface area contributed by atoms with Crippen LogP contribution in [0, 0.1) is 5.92 Å². The van der Waals surface area contributed by atoms with Crippen molar-refractivity contribution in [2.75, 3.05) is 20.8 Å². The van der Waals surface area contributed by atoms with E-state index in [1.807, 2.05) is 12.1 Å². The highest BCUT2D eigenvalue weighted by Crippen LogP contribution is 2.57. The monoisotopic (exact) mass is 546 g/mol. The van der Waals surface area contributed by atoms with Gasteiger partial charge < -0.3 is 48.8 Å². The van der Waals surface area contributed by atoms with E-state index in [2.05, 4.69) is 13.8 Å². The van der Waals surface area contributed by atoms with Crippen molar-refractivity contribution in [3.63, 3.8) is 0 Å². The van der Waals surface area contributed by atoms with Crippen molar-refractivity contribution in [2.45, 2.75) is 69.4 Å². The molecule has 0 aliphatic carbocycles. The zero-order valence-electron chi connectivity index (χ0n) is 22.2. The Kier molecular flexibility index (Phi) is 7.51. The van der Waals surface area contributed by atoms with Crippen LogP contribution in [0.15, 0.2) is 24.3 Å². The summed E-state index contributed by atoms with van der Waals surface area (Å²) in [5.41, 5.74) is 2.75. The molecule has 1 fully saturated rings. The van der Waals surface area contributed by atoms with E-state index in [1.54, 1.807) is 26.4 Å². The second-order valence-corrected chi connectivity index (χ2v) is 10.5. The van der Waals surface area contributed by atoms with E-state index in [9.17, 15) is 25.2 Å². The van der Waals surface area contributed by atoms with E-state index in [0.29, 0.717) is 41.9 Å². The van der Waals surface area contributed by atoms with Gasteiger partial charge in [-0.1, -0.05) is 19.9 Å². The molecule has 0 radical (unpaired) electrons. The number of aryl methyl sites for hydroxylation is 1. The molecule has 3 heterocycles. The molecule has 0 spiro atoms. The zero-order valence-corrected chi connectivity index (χ0v) is 22.2. The summed E-state index contributed by atoms with van der Waals surface area (Å²) in [5, 5.41) is 40.0. The van der Waals surface area contributed by atoms with Gasteiger partial charge in [0, 0.05) is 17.2 Å². The van der Waals surface area contributed by atoms with Crippen LogP contribution < -0.4 is 23.7 Å². The fourth-order valence-corrected chi connectivity index (χ4v) is 5.42. The highest BCUT2D eigenvalue weighted by molar-refractivity contribution is 5.73. The molecule has 3 aliphatic rings. The molecule has 3 aliphatic heterocycles. The molecule has 0 saturated carbocycles. The van der Waals surface area contributed by atoms with Crippen LogP contribution >= 0.6 is 0 Å². The number of hydrogen-bond acceptors (Lipinski definition) is 10. The van der Waals surface area contributed by atoms with Gasteiger partial charge in [0.2, 0.25) is 12.0 Å². The first kappa shape index (κ1) is 27.3. The van der Waals surface area contributed by atoms with Gasteiger partial charge >= 0.3 is 5.97 Å². The summed E-state index contributed by atoms with van der Waals surface area (Å²) in [6.45, 7) is 4.58. The molecule has 11 heteroatoms. The lowest BCUT2D eigenvalue weighted by atomic mass is 9.85. The van der Waals surface area contributed by atoms with E-state index in [1.165, 1.54) is 0 Å². The number of carboxylic acids is 1. The molecule has 212 valence electrons. The number of methoxy groups -OCH3 is 2. The molecular weight excluding hydrogens is 512 g/mol. The first-order chi connectivity index (χ1) is 18.6. The van der Waals surface area contributed by atoms with Gasteiger partial charge in [-0.3, -0.25) is 0 Å². The molecule has 7 atom stereocenters. The van der Waals surface area contributed by atoms with E-state index in [4.69, 9.17) is 28.4 Å². The van der Waals surface area contributed by atoms with Crippen molar-refractivity contribution in [3.8, 4) is 28.7 Å². The summed E-state index contributed by atoms with van der Waals surface area (Å²) in [7, 11) is 3.14. The number of aliphatic hydroxyl groups is 3. The highest BCUT2D eigenvalue weighted by Gasteiger charge is 2.49. The Morgan fingerprint density at radius 1 is 1.08 bits per heavy atom. The average molecular weight is 547 g/mol. The van der Waals surface area contributed by atoms with Gasteiger partial charge in [0.1, 0.15) is 35.9 Å². The predicted octanol–water partition coefficient (Wildman–Crippen LogP) is 2.17. The Morgan fingerprint density at radius 2 is 1.85 bits per heavy atom. The van der Waals surface area contributed by atoms with Gasteiger partial charge in [0.25, 0.3) is 0 Å². The minimum atomic E-state index is -1.81. The molecule has 39 heavy (non-hydrogen) atoms. The largest absolute Gasteiger partial charge is 0.493 e. The van der Waals surface area contributed by atoms with Gasteiger partial charge in [-0.05, 0) is 36.5 Å². The second-order valence-electron chi connectivity index (χ2n) is 10.5. The van der Waals surface area contributed by atoms with Crippen LogP contribution in [0.25, 0.3) is 0 Å². The molecular formula is C28H34O11. The van der Waals surface area contributed by atoms with Crippen LogP contribution in [0.3, 0.4) is 0 Å².